The highest BCUT2D eigenvalue weighted by Gasteiger charge is 2.15. The maximum atomic E-state index is 11.4. The number of alkyl carbamates (subject to hydrolysis) is 1. The molecule has 1 aromatic rings. The van der Waals surface area contributed by atoms with Crippen molar-refractivity contribution in [2.75, 3.05) is 18.5 Å². The Kier molecular flexibility index (Phi) is 7.02. The molecular formula is C15H20BrN3O4. The molecule has 0 spiro atoms. The van der Waals surface area contributed by atoms with Crippen LogP contribution in [0.25, 0.3) is 0 Å². The van der Waals surface area contributed by atoms with Crippen LogP contribution in [0, 0.1) is 10.1 Å². The number of carbonyl (C=O) groups is 1. The number of rotatable bonds is 6. The number of para-hydroxylation sites is 1. The van der Waals surface area contributed by atoms with Gasteiger partial charge in [0.25, 0.3) is 5.69 Å². The molecule has 7 nitrogen and oxygen atoms in total. The zero-order valence-corrected chi connectivity index (χ0v) is 14.8. The van der Waals surface area contributed by atoms with Crippen molar-refractivity contribution >= 4 is 33.4 Å². The molecule has 0 aliphatic carbocycles. The van der Waals surface area contributed by atoms with Gasteiger partial charge in [0, 0.05) is 22.6 Å². The summed E-state index contributed by atoms with van der Waals surface area (Å²) in [6, 6.07) is 4.75. The number of anilines is 1. The van der Waals surface area contributed by atoms with Gasteiger partial charge in [-0.1, -0.05) is 12.1 Å². The highest BCUT2D eigenvalue weighted by Crippen LogP contribution is 2.31. The molecule has 0 saturated carbocycles. The zero-order valence-electron chi connectivity index (χ0n) is 13.3. The Balaban J connectivity index is 2.43. The van der Waals surface area contributed by atoms with E-state index in [1.165, 1.54) is 6.07 Å². The maximum Gasteiger partial charge on any atom is 0.407 e. The van der Waals surface area contributed by atoms with Crippen molar-refractivity contribution in [3.8, 4) is 0 Å². The van der Waals surface area contributed by atoms with Gasteiger partial charge in [-0.05, 0) is 48.8 Å². The summed E-state index contributed by atoms with van der Waals surface area (Å²) in [5.74, 6) is 0. The van der Waals surface area contributed by atoms with Crippen molar-refractivity contribution in [3.63, 3.8) is 0 Å². The van der Waals surface area contributed by atoms with E-state index in [1.54, 1.807) is 24.3 Å². The minimum absolute atomic E-state index is 0.00594. The first-order chi connectivity index (χ1) is 10.7. The van der Waals surface area contributed by atoms with E-state index in [-0.39, 0.29) is 17.8 Å². The number of nitrogens with one attached hydrogen (secondary N) is 2. The third kappa shape index (κ3) is 7.14. The first kappa shape index (κ1) is 19.0. The summed E-state index contributed by atoms with van der Waals surface area (Å²) in [6.07, 6.45) is 2.90. The number of hydrogen-bond acceptors (Lipinski definition) is 5. The van der Waals surface area contributed by atoms with Gasteiger partial charge in [-0.2, -0.15) is 0 Å². The Bertz CT molecular complexity index is 597. The van der Waals surface area contributed by atoms with E-state index in [0.29, 0.717) is 16.7 Å². The van der Waals surface area contributed by atoms with Crippen LogP contribution in [0.5, 0.6) is 0 Å². The second-order valence-corrected chi connectivity index (χ2v) is 6.57. The minimum Gasteiger partial charge on any atom is -0.445 e. The van der Waals surface area contributed by atoms with Crippen LogP contribution < -0.4 is 10.6 Å². The number of nitrogens with zero attached hydrogens (tertiary/aromatic N) is 1. The molecule has 2 N–H and O–H groups in total. The molecule has 0 aliphatic heterocycles. The number of carbonyl (C=O) groups excluding carboxylic acids is 1. The average Bonchev–Trinajstić information content (AvgIpc) is 2.41. The molecule has 23 heavy (non-hydrogen) atoms. The third-order valence-corrected chi connectivity index (χ3v) is 3.20. The van der Waals surface area contributed by atoms with Crippen LogP contribution in [-0.2, 0) is 4.74 Å². The van der Waals surface area contributed by atoms with E-state index >= 15 is 0 Å². The van der Waals surface area contributed by atoms with Crippen LogP contribution in [0.2, 0.25) is 0 Å². The molecule has 0 saturated heterocycles. The summed E-state index contributed by atoms with van der Waals surface area (Å²) >= 11 is 3.28. The number of amides is 1. The van der Waals surface area contributed by atoms with E-state index in [1.807, 2.05) is 20.8 Å². The van der Waals surface area contributed by atoms with Gasteiger partial charge in [-0.25, -0.2) is 4.79 Å². The van der Waals surface area contributed by atoms with Crippen molar-refractivity contribution in [2.45, 2.75) is 26.3 Å². The third-order valence-electron chi connectivity index (χ3n) is 2.54. The largest absolute Gasteiger partial charge is 0.445 e. The van der Waals surface area contributed by atoms with Crippen LogP contribution in [0.3, 0.4) is 0 Å². The normalized spacial score (nSPS) is 11.3. The first-order valence-electron chi connectivity index (χ1n) is 6.97. The standard InChI is InChI=1S/C15H20BrN3O4/c1-15(2,3)18-14(20)23-10-5-4-9-17-13-11(16)7-6-8-12(13)19(21)22/h4-8,17H,9-10H2,1-3H3,(H,18,20)/b5-4+. The molecule has 0 atom stereocenters. The topological polar surface area (TPSA) is 93.5 Å². The summed E-state index contributed by atoms with van der Waals surface area (Å²) in [4.78, 5) is 21.9. The Morgan fingerprint density at radius 3 is 2.70 bits per heavy atom. The molecule has 0 radical (unpaired) electrons. The van der Waals surface area contributed by atoms with Crippen LogP contribution >= 0.6 is 15.9 Å². The molecule has 0 unspecified atom stereocenters. The van der Waals surface area contributed by atoms with Crippen molar-refractivity contribution in [1.82, 2.24) is 5.32 Å². The SMILES string of the molecule is CC(C)(C)NC(=O)OC/C=C/CNc1c(Br)cccc1[N+](=O)[O-]. The van der Waals surface area contributed by atoms with Crippen LogP contribution in [-0.4, -0.2) is 29.7 Å². The molecule has 8 heteroatoms. The first-order valence-corrected chi connectivity index (χ1v) is 7.77. The summed E-state index contributed by atoms with van der Waals surface area (Å²) in [6.45, 7) is 6.07. The number of ether oxygens (including phenoxy) is 1. The smallest absolute Gasteiger partial charge is 0.407 e. The number of nitro benzene ring substituents is 1. The fourth-order valence-electron chi connectivity index (χ4n) is 1.62. The predicted octanol–water partition coefficient (Wildman–Crippen LogP) is 3.85. The molecule has 0 aliphatic rings. The second-order valence-electron chi connectivity index (χ2n) is 5.72. The highest BCUT2D eigenvalue weighted by molar-refractivity contribution is 9.10. The van der Waals surface area contributed by atoms with Crippen LogP contribution in [0.15, 0.2) is 34.8 Å². The summed E-state index contributed by atoms with van der Waals surface area (Å²) < 4.78 is 5.59. The van der Waals surface area contributed by atoms with Crippen molar-refractivity contribution in [2.24, 2.45) is 0 Å². The molecule has 1 aromatic carbocycles. The maximum absolute atomic E-state index is 11.4. The van der Waals surface area contributed by atoms with Gasteiger partial charge in [0.05, 0.1) is 4.92 Å². The molecule has 0 fully saturated rings. The van der Waals surface area contributed by atoms with E-state index in [9.17, 15) is 14.9 Å². The fraction of sp³-hybridized carbons (Fsp3) is 0.400. The fourth-order valence-corrected chi connectivity index (χ4v) is 2.11. The summed E-state index contributed by atoms with van der Waals surface area (Å²) in [7, 11) is 0. The van der Waals surface area contributed by atoms with Gasteiger partial charge >= 0.3 is 6.09 Å². The number of nitro groups is 1. The molecule has 1 amide bonds. The van der Waals surface area contributed by atoms with E-state index in [2.05, 4.69) is 26.6 Å². The predicted molar refractivity (Wildman–Crippen MR) is 92.7 cm³/mol. The van der Waals surface area contributed by atoms with Gasteiger partial charge in [-0.15, -0.1) is 0 Å². The van der Waals surface area contributed by atoms with E-state index in [4.69, 9.17) is 4.74 Å². The number of benzene rings is 1. The van der Waals surface area contributed by atoms with Crippen molar-refractivity contribution in [1.29, 1.82) is 0 Å². The van der Waals surface area contributed by atoms with Gasteiger partial charge in [0.2, 0.25) is 0 Å². The van der Waals surface area contributed by atoms with Gasteiger partial charge < -0.3 is 15.4 Å². The number of halogens is 1. The van der Waals surface area contributed by atoms with Gasteiger partial charge in [0.15, 0.2) is 0 Å². The molecule has 126 valence electrons. The van der Waals surface area contributed by atoms with E-state index in [0.717, 1.165) is 0 Å². The van der Waals surface area contributed by atoms with Gasteiger partial charge in [0.1, 0.15) is 12.3 Å². The van der Waals surface area contributed by atoms with Gasteiger partial charge in [-0.3, -0.25) is 10.1 Å². The lowest BCUT2D eigenvalue weighted by molar-refractivity contribution is -0.384. The number of hydrogen-bond donors (Lipinski definition) is 2. The summed E-state index contributed by atoms with van der Waals surface area (Å²) in [5, 5.41) is 16.6. The Hall–Kier alpha value is -2.09. The monoisotopic (exact) mass is 385 g/mol. The lowest BCUT2D eigenvalue weighted by Crippen LogP contribution is -2.40. The molecular weight excluding hydrogens is 366 g/mol. The summed E-state index contributed by atoms with van der Waals surface area (Å²) in [5.41, 5.74) is 0.0584. The Labute approximate surface area is 143 Å². The van der Waals surface area contributed by atoms with Crippen LogP contribution in [0.4, 0.5) is 16.2 Å². The lowest BCUT2D eigenvalue weighted by atomic mass is 10.1. The Morgan fingerprint density at radius 2 is 2.09 bits per heavy atom. The molecule has 0 aromatic heterocycles. The van der Waals surface area contributed by atoms with Crippen molar-refractivity contribution in [3.05, 3.63) is 44.9 Å². The Morgan fingerprint density at radius 1 is 1.39 bits per heavy atom. The quantitative estimate of drug-likeness (QED) is 0.440. The lowest BCUT2D eigenvalue weighted by Gasteiger charge is -2.19. The van der Waals surface area contributed by atoms with E-state index < -0.39 is 11.0 Å². The highest BCUT2D eigenvalue weighted by atomic mass is 79.9. The minimum atomic E-state index is -0.489. The zero-order chi connectivity index (χ0) is 17.5. The molecule has 1 rings (SSSR count). The average molecular weight is 386 g/mol. The second kappa shape index (κ2) is 8.52. The molecule has 0 heterocycles. The van der Waals surface area contributed by atoms with Crippen LogP contribution in [0.1, 0.15) is 20.8 Å². The molecule has 0 bridgehead atoms. The van der Waals surface area contributed by atoms with Crippen molar-refractivity contribution < 1.29 is 14.5 Å².